The number of halogens is 3. The lowest BCUT2D eigenvalue weighted by atomic mass is 10.3. The Balaban J connectivity index is 2.66. The first kappa shape index (κ1) is 10.3. The number of hydrogen-bond donors (Lipinski definition) is 0. The fourth-order valence-corrected chi connectivity index (χ4v) is 1.43. The van der Waals surface area contributed by atoms with E-state index in [2.05, 4.69) is 0 Å². The van der Waals surface area contributed by atoms with Crippen molar-refractivity contribution < 1.29 is 17.7 Å². The molecule has 1 aliphatic rings. The second kappa shape index (κ2) is 3.18. The number of allylic oxidation sites excluding steroid dienone is 3. The Morgan fingerprint density at radius 3 is 2.38 bits per heavy atom. The summed E-state index contributed by atoms with van der Waals surface area (Å²) in [6, 6.07) is 0. The van der Waals surface area contributed by atoms with Gasteiger partial charge in [-0.2, -0.15) is 13.2 Å². The van der Waals surface area contributed by atoms with E-state index in [0.717, 1.165) is 5.70 Å². The van der Waals surface area contributed by atoms with Crippen LogP contribution < -0.4 is 0 Å². The van der Waals surface area contributed by atoms with Gasteiger partial charge in [0.05, 0.1) is 14.1 Å². The molecule has 0 spiro atoms. The molecule has 0 radical (unpaired) electrons. The Morgan fingerprint density at radius 1 is 1.38 bits per heavy atom. The summed E-state index contributed by atoms with van der Waals surface area (Å²) in [4.78, 5) is 0. The maximum absolute atomic E-state index is 12.1. The summed E-state index contributed by atoms with van der Waals surface area (Å²) in [7, 11) is 3.15. The van der Waals surface area contributed by atoms with Gasteiger partial charge in [0.25, 0.3) is 0 Å². The Morgan fingerprint density at radius 2 is 2.00 bits per heavy atom. The predicted molar refractivity (Wildman–Crippen MR) is 44.9 cm³/mol. The number of alkyl halides is 3. The van der Waals surface area contributed by atoms with Crippen LogP contribution in [0.15, 0.2) is 23.9 Å². The highest BCUT2D eigenvalue weighted by Crippen LogP contribution is 2.26. The minimum absolute atomic E-state index is 0.101. The van der Waals surface area contributed by atoms with E-state index in [4.69, 9.17) is 0 Å². The number of nitrogens with zero attached hydrogens (tertiary/aromatic N) is 1. The van der Waals surface area contributed by atoms with Crippen molar-refractivity contribution in [2.45, 2.75) is 12.6 Å². The molecule has 0 aromatic carbocycles. The summed E-state index contributed by atoms with van der Waals surface area (Å²) >= 11 is 0. The first-order valence-electron chi connectivity index (χ1n) is 4.07. The van der Waals surface area contributed by atoms with E-state index in [-0.39, 0.29) is 4.48 Å². The van der Waals surface area contributed by atoms with Gasteiger partial charge in [-0.05, 0) is 6.08 Å². The van der Waals surface area contributed by atoms with Gasteiger partial charge in [-0.1, -0.05) is 12.2 Å². The average Bonchev–Trinajstić information content (AvgIpc) is 2.29. The molecule has 0 atom stereocenters. The third-order valence-corrected chi connectivity index (χ3v) is 2.10. The minimum atomic E-state index is -4.10. The summed E-state index contributed by atoms with van der Waals surface area (Å²) in [5, 5.41) is 0. The van der Waals surface area contributed by atoms with E-state index >= 15 is 0 Å². The average molecular weight is 192 g/mol. The third-order valence-electron chi connectivity index (χ3n) is 2.10. The molecule has 0 N–H and O–H groups in total. The summed E-state index contributed by atoms with van der Waals surface area (Å²) in [5.74, 6) is 0. The van der Waals surface area contributed by atoms with Crippen LogP contribution in [0.3, 0.4) is 0 Å². The monoisotopic (exact) mass is 192 g/mol. The number of quaternary nitrogens is 1. The SMILES string of the molecule is C[N+](C)(CC(F)(F)F)C1=CC=CC1. The second-order valence-corrected chi connectivity index (χ2v) is 3.75. The van der Waals surface area contributed by atoms with Crippen molar-refractivity contribution in [2.75, 3.05) is 20.6 Å². The summed E-state index contributed by atoms with van der Waals surface area (Å²) in [6.07, 6.45) is 1.94. The molecule has 0 aromatic rings. The van der Waals surface area contributed by atoms with Gasteiger partial charge in [-0.25, -0.2) is 0 Å². The third kappa shape index (κ3) is 2.88. The second-order valence-electron chi connectivity index (χ2n) is 3.75. The molecule has 0 saturated carbocycles. The molecule has 74 valence electrons. The van der Waals surface area contributed by atoms with Crippen molar-refractivity contribution in [3.63, 3.8) is 0 Å². The van der Waals surface area contributed by atoms with Gasteiger partial charge < -0.3 is 0 Å². The van der Waals surface area contributed by atoms with Crippen molar-refractivity contribution in [2.24, 2.45) is 0 Å². The summed E-state index contributed by atoms with van der Waals surface area (Å²) in [5.41, 5.74) is 0.803. The fourth-order valence-electron chi connectivity index (χ4n) is 1.43. The molecule has 4 heteroatoms. The van der Waals surface area contributed by atoms with Crippen LogP contribution >= 0.6 is 0 Å². The highest BCUT2D eigenvalue weighted by molar-refractivity contribution is 5.18. The van der Waals surface area contributed by atoms with Gasteiger partial charge in [0.1, 0.15) is 5.70 Å². The maximum Gasteiger partial charge on any atom is 0.438 e. The normalized spacial score (nSPS) is 17.8. The molecule has 1 rings (SSSR count). The highest BCUT2D eigenvalue weighted by atomic mass is 19.4. The first-order chi connectivity index (χ1) is 5.81. The number of hydrogen-bond acceptors (Lipinski definition) is 0. The molecular weight excluding hydrogens is 179 g/mol. The zero-order valence-electron chi connectivity index (χ0n) is 7.73. The Labute approximate surface area is 75.7 Å². The summed E-state index contributed by atoms with van der Waals surface area (Å²) < 4.78 is 36.3. The minimum Gasteiger partial charge on any atom is -0.292 e. The standard InChI is InChI=1S/C9H13F3N/c1-13(2,7-9(10,11)12)8-5-3-4-6-8/h3-5H,6-7H2,1-2H3/q+1. The van der Waals surface area contributed by atoms with Crippen LogP contribution in [-0.2, 0) is 0 Å². The molecule has 1 nitrogen and oxygen atoms in total. The Kier molecular flexibility index (Phi) is 2.52. The lowest BCUT2D eigenvalue weighted by Gasteiger charge is -2.31. The van der Waals surface area contributed by atoms with Gasteiger partial charge in [-0.15, -0.1) is 0 Å². The Hall–Kier alpha value is -0.770. The van der Waals surface area contributed by atoms with E-state index in [1.807, 2.05) is 6.08 Å². The van der Waals surface area contributed by atoms with Gasteiger partial charge >= 0.3 is 6.18 Å². The zero-order valence-corrected chi connectivity index (χ0v) is 7.73. The van der Waals surface area contributed by atoms with Crippen molar-refractivity contribution in [3.8, 4) is 0 Å². The van der Waals surface area contributed by atoms with Gasteiger partial charge in [0.15, 0.2) is 6.54 Å². The maximum atomic E-state index is 12.1. The van der Waals surface area contributed by atoms with Crippen LogP contribution in [0, 0.1) is 0 Å². The van der Waals surface area contributed by atoms with Crippen molar-refractivity contribution >= 4 is 0 Å². The van der Waals surface area contributed by atoms with Crippen LogP contribution in [-0.4, -0.2) is 31.3 Å². The molecular formula is C9H13F3N+. The smallest absolute Gasteiger partial charge is 0.292 e. The van der Waals surface area contributed by atoms with Crippen LogP contribution in [0.4, 0.5) is 13.2 Å². The van der Waals surface area contributed by atoms with Crippen LogP contribution in [0.1, 0.15) is 6.42 Å². The van der Waals surface area contributed by atoms with E-state index < -0.39 is 12.7 Å². The highest BCUT2D eigenvalue weighted by Gasteiger charge is 2.39. The van der Waals surface area contributed by atoms with Crippen molar-refractivity contribution in [1.29, 1.82) is 0 Å². The largest absolute Gasteiger partial charge is 0.438 e. The molecule has 0 aromatic heterocycles. The van der Waals surface area contributed by atoms with Gasteiger partial charge in [0.2, 0.25) is 0 Å². The van der Waals surface area contributed by atoms with E-state index in [1.54, 1.807) is 26.2 Å². The van der Waals surface area contributed by atoms with Crippen molar-refractivity contribution in [1.82, 2.24) is 0 Å². The molecule has 0 fully saturated rings. The quantitative estimate of drug-likeness (QED) is 0.589. The fraction of sp³-hybridized carbons (Fsp3) is 0.556. The summed E-state index contributed by atoms with van der Waals surface area (Å²) in [6.45, 7) is -0.805. The lowest BCUT2D eigenvalue weighted by molar-refractivity contribution is -0.864. The molecule has 0 aliphatic heterocycles. The van der Waals surface area contributed by atoms with Crippen molar-refractivity contribution in [3.05, 3.63) is 23.9 Å². The lowest BCUT2D eigenvalue weighted by Crippen LogP contribution is -2.45. The van der Waals surface area contributed by atoms with E-state index in [1.165, 1.54) is 0 Å². The van der Waals surface area contributed by atoms with E-state index in [9.17, 15) is 13.2 Å². The Bertz CT molecular complexity index is 248. The molecule has 0 bridgehead atoms. The van der Waals surface area contributed by atoms with Gasteiger partial charge in [-0.3, -0.25) is 4.48 Å². The molecule has 0 amide bonds. The van der Waals surface area contributed by atoms with Crippen LogP contribution in [0.25, 0.3) is 0 Å². The number of rotatable bonds is 2. The molecule has 0 heterocycles. The molecule has 0 saturated heterocycles. The molecule has 1 aliphatic carbocycles. The predicted octanol–water partition coefficient (Wildman–Crippen LogP) is 2.47. The molecule has 0 unspecified atom stereocenters. The van der Waals surface area contributed by atoms with Crippen LogP contribution in [0.2, 0.25) is 0 Å². The van der Waals surface area contributed by atoms with Gasteiger partial charge in [0, 0.05) is 6.42 Å². The van der Waals surface area contributed by atoms with E-state index in [0.29, 0.717) is 6.42 Å². The zero-order chi connectivity index (χ0) is 10.1. The van der Waals surface area contributed by atoms with Crippen LogP contribution in [0.5, 0.6) is 0 Å². The topological polar surface area (TPSA) is 0 Å². The first-order valence-corrected chi connectivity index (χ1v) is 4.07. The molecule has 13 heavy (non-hydrogen) atoms.